The van der Waals surface area contributed by atoms with Gasteiger partial charge in [-0.15, -0.1) is 0 Å². The summed E-state index contributed by atoms with van der Waals surface area (Å²) in [5, 5.41) is 120. The molecule has 120 heavy (non-hydrogen) atoms. The first kappa shape index (κ1) is 92.4. The van der Waals surface area contributed by atoms with Crippen molar-refractivity contribution in [3.05, 3.63) is 117 Å². The van der Waals surface area contributed by atoms with Gasteiger partial charge in [0, 0.05) is 41.1 Å². The molecule has 0 spiro atoms. The highest BCUT2D eigenvalue weighted by molar-refractivity contribution is 7.70. The molecule has 0 aliphatic carbocycles. The van der Waals surface area contributed by atoms with E-state index in [1.807, 2.05) is 0 Å². The first-order valence-corrected chi connectivity index (χ1v) is 41.0. The van der Waals surface area contributed by atoms with Gasteiger partial charge >= 0.3 is 27.1 Å². The predicted octanol–water partition coefficient (Wildman–Crippen LogP) is 0.219. The Hall–Kier alpha value is -9.92. The zero-order chi connectivity index (χ0) is 88.6. The number of nitrogens with two attached hydrogens (primary N) is 2. The zero-order valence-electron chi connectivity index (χ0n) is 64.6. The Morgan fingerprint density at radius 3 is 1.88 bits per heavy atom. The van der Waals surface area contributed by atoms with E-state index in [9.17, 15) is 103 Å². The number of aliphatic hydroxyl groups is 5. The maximum Gasteiger partial charge on any atom is 0.360 e. The number of ether oxygens (including phenoxy) is 7. The number of hydrogen-bond acceptors (Lipinski definition) is 29. The monoisotopic (exact) mass is 1760 g/mol. The van der Waals surface area contributed by atoms with Gasteiger partial charge in [0.25, 0.3) is 0 Å². The molecule has 18 atom stereocenters. The molecule has 0 unspecified atom stereocenters. The predicted molar refractivity (Wildman–Crippen MR) is 412 cm³/mol. The van der Waals surface area contributed by atoms with Crippen LogP contribution in [0.3, 0.4) is 0 Å². The Morgan fingerprint density at radius 1 is 0.717 bits per heavy atom. The van der Waals surface area contributed by atoms with Crippen LogP contribution in [0.2, 0.25) is 10.0 Å². The summed E-state index contributed by atoms with van der Waals surface area (Å²) in [6, 6.07) is -2.73. The molecule has 5 aromatic carbocycles. The average Bonchev–Trinajstić information content (AvgIpc) is 0.762. The van der Waals surface area contributed by atoms with E-state index in [0.717, 1.165) is 78.9 Å². The van der Waals surface area contributed by atoms with Crippen LogP contribution in [0.1, 0.15) is 132 Å². The van der Waals surface area contributed by atoms with Crippen molar-refractivity contribution in [1.29, 1.82) is 0 Å². The van der Waals surface area contributed by atoms with E-state index in [0.29, 0.717) is 0 Å². The number of aliphatic hydroxyl groups excluding tert-OH is 5. The Labute approximate surface area is 691 Å². The number of aliphatic carboxylic acids is 1. The number of halogens is 2. The lowest BCUT2D eigenvalue weighted by Gasteiger charge is -2.47. The first-order valence-electron chi connectivity index (χ1n) is 36.8. The van der Waals surface area contributed by atoms with Crippen LogP contribution < -0.4 is 68.2 Å². The van der Waals surface area contributed by atoms with E-state index in [1.54, 1.807) is 19.2 Å². The number of phenols is 3. The molecule has 7 aliphatic rings. The number of rotatable bonds is 21. The van der Waals surface area contributed by atoms with E-state index in [1.165, 1.54) is 34.7 Å². The van der Waals surface area contributed by atoms with E-state index in [4.69, 9.17) is 67.8 Å². The molecule has 46 heteroatoms. The minimum atomic E-state index is -5.77. The maximum absolute atomic E-state index is 16.3. The number of carbonyl (C=O) groups excluding carboxylic acids is 9. The standard InChI is InChI=1S/C74H90Cl2N10O32P2/c1-27(2)14-38(79-7)64(98)86-56-60(116-49(93)24-73(4,5)23-48(92)81-72(119(106,107)108)120(109,110)111)31-10-13-43(37(76)17-31)114-45-19-32-18-44(61(45)118-71-62(59(96)58(95)46(26-87)115-71)117-50-25-74(6,78)63(97)28(3)112-50)113-42-12-9-30(16-36(42)75)57(94)55-68(102)84-54(70(104)105)35-20-33(88)21-41(90)51(35)34-15-29(8-11-40(34)89)52(66(100)85-55)83-67(101)53(32)82-65(99)39(22-47(77)91)80-69(56)103/h8-13,15-21,27-28,38-39,46,50,52-60,62-63,71-72,79,87-90,94-97H,14,22-26,78H2,1-7H3,(H2,77,91)(H,80,103)(H,81,92)(H,82,99)(H,83,101)(H,84,102)(H,85,100)(H,86,98)(H,104,105)(H2,106,107,108)(H2,109,110,111)/t28-,38+,39-,46+,50-,52+,53+,54-,55-,56+,57+,58+,59-,60+,62+,63+,71-,74-/m0/s1. The van der Waals surface area contributed by atoms with Gasteiger partial charge in [0.1, 0.15) is 83.4 Å². The third-order valence-corrected chi connectivity index (χ3v) is 24.1. The fraction of sp³-hybridized carbons (Fsp3) is 0.459. The topological polar surface area (TPSA) is 681 Å². The van der Waals surface area contributed by atoms with Crippen LogP contribution in [0, 0.1) is 11.3 Å². The molecular weight excluding hydrogens is 1670 g/mol. The molecule has 25 N–H and O–H groups in total. The quantitative estimate of drug-likeness (QED) is 0.0345. The van der Waals surface area contributed by atoms with Crippen LogP contribution in [0.25, 0.3) is 11.1 Å². The van der Waals surface area contributed by atoms with Gasteiger partial charge in [-0.1, -0.05) is 69.1 Å². The highest BCUT2D eigenvalue weighted by Gasteiger charge is 2.53. The summed E-state index contributed by atoms with van der Waals surface area (Å²) in [5.74, 6) is -20.7. The summed E-state index contributed by atoms with van der Waals surface area (Å²) >= 11 is 14.4. The van der Waals surface area contributed by atoms with Gasteiger partial charge in [-0.05, 0) is 115 Å². The number of phenolic OH excluding ortho intramolecular Hbond substituents is 3. The molecule has 2 saturated heterocycles. The molecule has 12 rings (SSSR count). The second-order valence-electron chi connectivity index (χ2n) is 30.8. The number of carboxylic acids is 1. The van der Waals surface area contributed by atoms with Crippen molar-refractivity contribution in [3.63, 3.8) is 0 Å². The van der Waals surface area contributed by atoms with E-state index in [-0.39, 0.29) is 29.9 Å². The summed E-state index contributed by atoms with van der Waals surface area (Å²) in [6.07, 6.45) is -21.8. The van der Waals surface area contributed by atoms with E-state index in [2.05, 4.69) is 37.2 Å². The van der Waals surface area contributed by atoms with Crippen molar-refractivity contribution in [3.8, 4) is 57.1 Å². The second-order valence-corrected chi connectivity index (χ2v) is 35.4. The molecule has 7 aliphatic heterocycles. The Kier molecular flexibility index (Phi) is 28.3. The third kappa shape index (κ3) is 21.1. The molecule has 0 saturated carbocycles. The van der Waals surface area contributed by atoms with E-state index < -0.39 is 304 Å². The van der Waals surface area contributed by atoms with Crippen molar-refractivity contribution in [2.24, 2.45) is 22.8 Å². The zero-order valence-corrected chi connectivity index (χ0v) is 67.9. The average molecular weight is 1760 g/mol. The molecule has 652 valence electrons. The van der Waals surface area contributed by atoms with Gasteiger partial charge in [0.05, 0.1) is 47.7 Å². The normalized spacial score (nSPS) is 27.0. The number of aromatic hydroxyl groups is 3. The lowest BCUT2D eigenvalue weighted by Crippen LogP contribution is -2.64. The molecule has 42 nitrogen and oxygen atoms in total. The van der Waals surface area contributed by atoms with Crippen molar-refractivity contribution in [1.82, 2.24) is 42.5 Å². The van der Waals surface area contributed by atoms with E-state index >= 15 is 19.2 Å². The first-order chi connectivity index (χ1) is 56.0. The number of primary amides is 1. The number of carbonyl (C=O) groups is 10. The Morgan fingerprint density at radius 2 is 1.31 bits per heavy atom. The van der Waals surface area contributed by atoms with Crippen LogP contribution >= 0.6 is 38.4 Å². The van der Waals surface area contributed by atoms with Crippen molar-refractivity contribution in [2.75, 3.05) is 13.7 Å². The van der Waals surface area contributed by atoms with Gasteiger partial charge in [-0.2, -0.15) is 0 Å². The summed E-state index contributed by atoms with van der Waals surface area (Å²) < 4.78 is 69.0. The Bertz CT molecular complexity index is 4920. The number of esters is 1. The van der Waals surface area contributed by atoms with Gasteiger partial charge in [0.2, 0.25) is 64.8 Å². The number of likely N-dealkylation sites (N-methyl/N-ethyl adjacent to an activating group) is 1. The molecule has 11 bridgehead atoms. The summed E-state index contributed by atoms with van der Waals surface area (Å²) in [4.78, 5) is 187. The van der Waals surface area contributed by atoms with Crippen molar-refractivity contribution >= 4 is 97.6 Å². The fourth-order valence-electron chi connectivity index (χ4n) is 14.2. The number of hydrogen-bond donors (Lipinski definition) is 23. The summed E-state index contributed by atoms with van der Waals surface area (Å²) in [6.45, 7) is 7.79. The van der Waals surface area contributed by atoms with Gasteiger partial charge in [0.15, 0.2) is 36.0 Å². The largest absolute Gasteiger partial charge is 0.508 e. The second kappa shape index (κ2) is 36.8. The molecule has 0 aromatic heterocycles. The third-order valence-electron chi connectivity index (χ3n) is 20.2. The highest BCUT2D eigenvalue weighted by Crippen LogP contribution is 2.59. The molecule has 0 radical (unpaired) electrons. The van der Waals surface area contributed by atoms with Crippen LogP contribution in [-0.4, -0.2) is 223 Å². The maximum atomic E-state index is 16.3. The number of carboxylic acid groups (broad SMARTS) is 1. The van der Waals surface area contributed by atoms with Gasteiger partial charge in [-0.3, -0.25) is 52.3 Å². The van der Waals surface area contributed by atoms with Crippen LogP contribution in [-0.2, 0) is 76.0 Å². The van der Waals surface area contributed by atoms with Gasteiger partial charge < -0.3 is 153 Å². The summed E-state index contributed by atoms with van der Waals surface area (Å²) in [5.41, 5.74) is 2.69. The number of benzene rings is 5. The van der Waals surface area contributed by atoms with Gasteiger partial charge in [-0.25, -0.2) is 4.79 Å². The minimum absolute atomic E-state index is 0.0384. The lowest BCUT2D eigenvalue weighted by molar-refractivity contribution is -0.333. The molecule has 2 fully saturated rings. The minimum Gasteiger partial charge on any atom is -0.508 e. The smallest absolute Gasteiger partial charge is 0.360 e. The fourth-order valence-corrected chi connectivity index (χ4v) is 16.9. The molecule has 5 aromatic rings. The SMILES string of the molecule is CN[C@H](CC(C)C)C(=O)N[C@H]1C(=O)N[C@@H](CC(N)=O)C(=O)N[C@H]2C(=O)N[C@H]3C(=O)N[C@H](C(=O)N[C@H](C(=O)O)c4cc(O)cc(O)c4-c4cc3ccc4O)[C@H](O)c3ccc(c(Cl)c3)Oc3cc2cc(c3O[C@@H]2O[C@H](CO)[C@@H](O)[C@H](O)[C@H]2O[C@H]2C[C@](C)(N)[C@H](O)[C@H](C)O2)Oc2ccc(cc2Cl)[C@H]1OC(=O)CC(C)(C)CC(=O)NC(P(=O)(O)O)P(=O)(O)O. The van der Waals surface area contributed by atoms with Crippen molar-refractivity contribution in [2.45, 2.75) is 188 Å². The summed E-state index contributed by atoms with van der Waals surface area (Å²) in [7, 11) is -10.2. The molecule has 8 amide bonds. The van der Waals surface area contributed by atoms with Crippen LogP contribution in [0.4, 0.5) is 0 Å². The van der Waals surface area contributed by atoms with Crippen molar-refractivity contribution < 1.29 is 156 Å². The van der Waals surface area contributed by atoms with Crippen LogP contribution in [0.15, 0.2) is 78.9 Å². The molecular formula is C74H90Cl2N10O32P2. The van der Waals surface area contributed by atoms with Crippen LogP contribution in [0.5, 0.6) is 46.0 Å². The lowest BCUT2D eigenvalue weighted by atomic mass is 9.85. The number of fused-ring (bicyclic) bond motifs is 15. The highest BCUT2D eigenvalue weighted by atomic mass is 35.5. The molecule has 7 heterocycles. The number of amides is 8. The Balaban J connectivity index is 1.24. The number of nitrogens with one attached hydrogen (secondary N) is 8.